The average Bonchev–Trinajstić information content (AvgIpc) is 3.27. The summed E-state index contributed by atoms with van der Waals surface area (Å²) < 4.78 is 11.4. The first-order chi connectivity index (χ1) is 21.3. The lowest BCUT2D eigenvalue weighted by Gasteiger charge is -2.33. The smallest absolute Gasteiger partial charge is 0.338 e. The quantitative estimate of drug-likeness (QED) is 0.227. The molecule has 8 nitrogen and oxygen atoms in total. The summed E-state index contributed by atoms with van der Waals surface area (Å²) in [5.74, 6) is -3.54. The third-order valence-electron chi connectivity index (χ3n) is 8.12. The number of aliphatic hydroxyl groups is 1. The Morgan fingerprint density at radius 1 is 0.933 bits per heavy atom. The van der Waals surface area contributed by atoms with Crippen molar-refractivity contribution in [2.24, 2.45) is 11.3 Å². The van der Waals surface area contributed by atoms with Gasteiger partial charge in [-0.25, -0.2) is 4.79 Å². The normalized spacial score (nSPS) is 18.0. The molecule has 2 amide bonds. The Balaban J connectivity index is 1.54. The van der Waals surface area contributed by atoms with Gasteiger partial charge in [-0.1, -0.05) is 105 Å². The lowest BCUT2D eigenvalue weighted by molar-refractivity contribution is -0.162. The molecule has 0 aromatic heterocycles. The highest BCUT2D eigenvalue weighted by molar-refractivity contribution is 5.92. The van der Waals surface area contributed by atoms with Gasteiger partial charge in [-0.3, -0.25) is 9.59 Å². The molecule has 0 unspecified atom stereocenters. The van der Waals surface area contributed by atoms with Gasteiger partial charge < -0.3 is 25.2 Å². The van der Waals surface area contributed by atoms with Crippen LogP contribution in [0.15, 0.2) is 78.9 Å². The number of ether oxygens (including phenoxy) is 2. The topological polar surface area (TPSA) is 114 Å². The Morgan fingerprint density at radius 2 is 1.62 bits per heavy atom. The number of cyclic esters (lactones) is 1. The zero-order valence-corrected chi connectivity index (χ0v) is 27.1. The average molecular weight is 615 g/mol. The second-order valence-corrected chi connectivity index (χ2v) is 13.3. The molecule has 0 radical (unpaired) electrons. The van der Waals surface area contributed by atoms with E-state index in [1.54, 1.807) is 13.8 Å². The van der Waals surface area contributed by atoms with E-state index < -0.39 is 53.1 Å². The van der Waals surface area contributed by atoms with Crippen LogP contribution in [0.3, 0.4) is 0 Å². The first-order valence-corrected chi connectivity index (χ1v) is 15.6. The van der Waals surface area contributed by atoms with Crippen LogP contribution in [0.4, 0.5) is 0 Å². The lowest BCUT2D eigenvalue weighted by atomic mass is 9.84. The summed E-state index contributed by atoms with van der Waals surface area (Å²) in [4.78, 5) is 40.6. The SMILES string of the molecule is Cc1cccc(-c2ccccc2CCC[C@@H](C(=O)N[C@H](C(=O)N[C@H](CO)c2ccccc2)C(C)(C)C)[C@@H]2OC(C)(C)OC2=O)c1. The Bertz CT molecular complexity index is 1480. The summed E-state index contributed by atoms with van der Waals surface area (Å²) in [5.41, 5.74) is 4.64. The molecule has 1 fully saturated rings. The van der Waals surface area contributed by atoms with Gasteiger partial charge in [-0.2, -0.15) is 0 Å². The van der Waals surface area contributed by atoms with E-state index in [2.05, 4.69) is 47.9 Å². The van der Waals surface area contributed by atoms with Crippen LogP contribution in [0, 0.1) is 18.3 Å². The summed E-state index contributed by atoms with van der Waals surface area (Å²) in [6, 6.07) is 24.1. The van der Waals surface area contributed by atoms with Crippen LogP contribution in [-0.4, -0.2) is 47.4 Å². The van der Waals surface area contributed by atoms with Gasteiger partial charge in [0.15, 0.2) is 6.10 Å². The van der Waals surface area contributed by atoms with Crippen molar-refractivity contribution in [1.82, 2.24) is 10.6 Å². The molecule has 1 heterocycles. The van der Waals surface area contributed by atoms with Crippen molar-refractivity contribution in [3.8, 4) is 11.1 Å². The van der Waals surface area contributed by atoms with Gasteiger partial charge in [0.2, 0.25) is 17.6 Å². The molecule has 1 aliphatic heterocycles. The van der Waals surface area contributed by atoms with Crippen molar-refractivity contribution in [3.05, 3.63) is 95.6 Å². The minimum atomic E-state index is -1.16. The highest BCUT2D eigenvalue weighted by atomic mass is 16.8. The van der Waals surface area contributed by atoms with Gasteiger partial charge in [0.25, 0.3) is 0 Å². The van der Waals surface area contributed by atoms with Crippen molar-refractivity contribution in [2.75, 3.05) is 6.61 Å². The van der Waals surface area contributed by atoms with Crippen LogP contribution < -0.4 is 10.6 Å². The number of benzene rings is 3. The molecule has 3 N–H and O–H groups in total. The zero-order chi connectivity index (χ0) is 32.8. The number of carbonyl (C=O) groups excluding carboxylic acids is 3. The maximum Gasteiger partial charge on any atom is 0.338 e. The molecule has 1 aliphatic rings. The number of rotatable bonds is 12. The molecule has 4 atom stereocenters. The third-order valence-corrected chi connectivity index (χ3v) is 8.12. The van der Waals surface area contributed by atoms with Crippen LogP contribution >= 0.6 is 0 Å². The molecular weight excluding hydrogens is 568 g/mol. The van der Waals surface area contributed by atoms with Gasteiger partial charge in [-0.15, -0.1) is 0 Å². The van der Waals surface area contributed by atoms with Gasteiger partial charge in [0, 0.05) is 13.8 Å². The van der Waals surface area contributed by atoms with Crippen LogP contribution in [0.25, 0.3) is 11.1 Å². The number of amides is 2. The van der Waals surface area contributed by atoms with E-state index >= 15 is 0 Å². The molecule has 1 saturated heterocycles. The Morgan fingerprint density at radius 3 is 2.24 bits per heavy atom. The number of aliphatic hydroxyl groups excluding tert-OH is 1. The number of nitrogens with one attached hydrogen (secondary N) is 2. The monoisotopic (exact) mass is 614 g/mol. The van der Waals surface area contributed by atoms with Crippen molar-refractivity contribution >= 4 is 17.8 Å². The molecule has 240 valence electrons. The number of hydrogen-bond donors (Lipinski definition) is 3. The Kier molecular flexibility index (Phi) is 10.8. The zero-order valence-electron chi connectivity index (χ0n) is 27.1. The highest BCUT2D eigenvalue weighted by Gasteiger charge is 2.48. The molecule has 0 saturated carbocycles. The molecule has 45 heavy (non-hydrogen) atoms. The maximum absolute atomic E-state index is 14.0. The molecule has 0 spiro atoms. The molecule has 4 rings (SSSR count). The van der Waals surface area contributed by atoms with Gasteiger partial charge >= 0.3 is 5.97 Å². The summed E-state index contributed by atoms with van der Waals surface area (Å²) in [6.45, 7) is 10.6. The fourth-order valence-electron chi connectivity index (χ4n) is 5.79. The van der Waals surface area contributed by atoms with Crippen molar-refractivity contribution in [3.63, 3.8) is 0 Å². The Hall–Kier alpha value is -4.01. The van der Waals surface area contributed by atoms with E-state index in [1.165, 1.54) is 5.56 Å². The maximum atomic E-state index is 14.0. The van der Waals surface area contributed by atoms with E-state index in [-0.39, 0.29) is 6.61 Å². The summed E-state index contributed by atoms with van der Waals surface area (Å²) in [7, 11) is 0. The Labute approximate surface area is 266 Å². The van der Waals surface area contributed by atoms with Crippen molar-refractivity contribution in [1.29, 1.82) is 0 Å². The van der Waals surface area contributed by atoms with Crippen molar-refractivity contribution < 1.29 is 29.0 Å². The van der Waals surface area contributed by atoms with Crippen LogP contribution in [0.1, 0.15) is 70.2 Å². The lowest BCUT2D eigenvalue weighted by Crippen LogP contribution is -2.56. The van der Waals surface area contributed by atoms with E-state index in [1.807, 2.05) is 69.3 Å². The minimum absolute atomic E-state index is 0.302. The first kappa shape index (κ1) is 33.9. The van der Waals surface area contributed by atoms with Crippen LogP contribution in [0.2, 0.25) is 0 Å². The van der Waals surface area contributed by atoms with Gasteiger partial charge in [0.05, 0.1) is 18.6 Å². The van der Waals surface area contributed by atoms with Crippen molar-refractivity contribution in [2.45, 2.75) is 84.8 Å². The molecule has 0 aliphatic carbocycles. The fraction of sp³-hybridized carbons (Fsp3) is 0.432. The van der Waals surface area contributed by atoms with E-state index in [0.29, 0.717) is 19.3 Å². The fourth-order valence-corrected chi connectivity index (χ4v) is 5.79. The molecule has 8 heteroatoms. The largest absolute Gasteiger partial charge is 0.432 e. The number of hydrogen-bond acceptors (Lipinski definition) is 6. The van der Waals surface area contributed by atoms with Crippen LogP contribution in [0.5, 0.6) is 0 Å². The molecular formula is C37H46N2O6. The summed E-state index contributed by atoms with van der Waals surface area (Å²) in [5, 5.41) is 15.9. The number of carbonyl (C=O) groups is 3. The number of aryl methyl sites for hydroxylation is 2. The molecule has 0 bridgehead atoms. The van der Waals surface area contributed by atoms with Gasteiger partial charge in [0.1, 0.15) is 6.04 Å². The van der Waals surface area contributed by atoms with E-state index in [9.17, 15) is 19.5 Å². The summed E-state index contributed by atoms with van der Waals surface area (Å²) in [6.07, 6.45) is 0.509. The summed E-state index contributed by atoms with van der Waals surface area (Å²) >= 11 is 0. The van der Waals surface area contributed by atoms with E-state index in [0.717, 1.165) is 22.3 Å². The van der Waals surface area contributed by atoms with Crippen LogP contribution in [-0.2, 0) is 30.3 Å². The third kappa shape index (κ3) is 8.80. The molecule has 3 aromatic rings. The molecule has 3 aromatic carbocycles. The second-order valence-electron chi connectivity index (χ2n) is 13.3. The highest BCUT2D eigenvalue weighted by Crippen LogP contribution is 2.32. The predicted octanol–water partition coefficient (Wildman–Crippen LogP) is 5.66. The number of esters is 1. The van der Waals surface area contributed by atoms with E-state index in [4.69, 9.17) is 9.47 Å². The standard InChI is InChI=1S/C37H46N2O6/c1-24-14-12-19-27(22-24)28-20-11-10-15-25(28)18-13-21-29(31-35(43)45-37(5,6)44-31)33(41)39-32(36(2,3)4)34(42)38-30(23-40)26-16-8-7-9-17-26/h7-12,14-17,19-20,22,29-32,40H,13,18,21,23H2,1-6H3,(H,38,42)(H,39,41)/t29-,30-,31+,32-/m1/s1. The second kappa shape index (κ2) is 14.4. The predicted molar refractivity (Wildman–Crippen MR) is 174 cm³/mol. The minimum Gasteiger partial charge on any atom is -0.432 e. The van der Waals surface area contributed by atoms with Gasteiger partial charge in [-0.05, 0) is 53.9 Å². The first-order valence-electron chi connectivity index (χ1n) is 15.6.